The second-order valence-electron chi connectivity index (χ2n) is 6.91. The van der Waals surface area contributed by atoms with Gasteiger partial charge in [-0.2, -0.15) is 0 Å². The normalized spacial score (nSPS) is 24.3. The average Bonchev–Trinajstić information content (AvgIpc) is 3.11. The lowest BCUT2D eigenvalue weighted by Gasteiger charge is -2.31. The van der Waals surface area contributed by atoms with Crippen LogP contribution in [0.25, 0.3) is 0 Å². The minimum atomic E-state index is -0.350. The van der Waals surface area contributed by atoms with Crippen molar-refractivity contribution in [3.05, 3.63) is 35.9 Å². The summed E-state index contributed by atoms with van der Waals surface area (Å²) in [6, 6.07) is 9.33. The fourth-order valence-corrected chi connectivity index (χ4v) is 3.53. The van der Waals surface area contributed by atoms with Crippen molar-refractivity contribution in [2.75, 3.05) is 39.8 Å². The van der Waals surface area contributed by atoms with Crippen molar-refractivity contribution in [1.82, 2.24) is 15.1 Å². The summed E-state index contributed by atoms with van der Waals surface area (Å²) in [5.41, 5.74) is 0.984. The second-order valence-corrected chi connectivity index (χ2v) is 6.91. The summed E-state index contributed by atoms with van der Waals surface area (Å²) in [6.07, 6.45) is 1.98. The first-order valence-electron chi connectivity index (χ1n) is 9.05. The van der Waals surface area contributed by atoms with E-state index in [0.717, 1.165) is 31.5 Å². The van der Waals surface area contributed by atoms with Crippen LogP contribution in [0.2, 0.25) is 0 Å². The zero-order valence-corrected chi connectivity index (χ0v) is 14.8. The van der Waals surface area contributed by atoms with Gasteiger partial charge in [0.2, 0.25) is 11.8 Å². The molecule has 0 bridgehead atoms. The smallest absolute Gasteiger partial charge is 0.242 e. The number of carbonyl (C=O) groups is 2. The van der Waals surface area contributed by atoms with E-state index in [1.165, 1.54) is 0 Å². The predicted molar refractivity (Wildman–Crippen MR) is 95.1 cm³/mol. The van der Waals surface area contributed by atoms with Crippen molar-refractivity contribution >= 4 is 11.8 Å². The van der Waals surface area contributed by atoms with Crippen molar-refractivity contribution in [3.63, 3.8) is 0 Å². The highest BCUT2D eigenvalue weighted by Gasteiger charge is 2.34. The molecule has 1 N–H and O–H groups in total. The maximum atomic E-state index is 12.6. The number of hydrogen-bond acceptors (Lipinski definition) is 4. The lowest BCUT2D eigenvalue weighted by molar-refractivity contribution is -0.138. The van der Waals surface area contributed by atoms with Crippen LogP contribution in [-0.2, 0) is 20.7 Å². The molecule has 0 radical (unpaired) electrons. The number of nitrogens with one attached hydrogen (secondary N) is 1. The number of hydrogen-bond donors (Lipinski definition) is 1. The van der Waals surface area contributed by atoms with Crippen LogP contribution < -0.4 is 5.32 Å². The molecule has 0 saturated carbocycles. The Balaban J connectivity index is 1.51. The first-order chi connectivity index (χ1) is 12.1. The number of rotatable bonds is 5. The third-order valence-corrected chi connectivity index (χ3v) is 4.92. The molecule has 1 aromatic rings. The van der Waals surface area contributed by atoms with Crippen molar-refractivity contribution in [3.8, 4) is 0 Å². The Bertz CT molecular complexity index is 593. The Morgan fingerprint density at radius 2 is 2.04 bits per heavy atom. The maximum absolute atomic E-state index is 12.6. The van der Waals surface area contributed by atoms with E-state index in [4.69, 9.17) is 4.74 Å². The van der Waals surface area contributed by atoms with Gasteiger partial charge in [-0.05, 0) is 25.5 Å². The molecule has 3 rings (SSSR count). The van der Waals surface area contributed by atoms with E-state index in [1.54, 1.807) is 4.90 Å². The van der Waals surface area contributed by atoms with Crippen LogP contribution in [0, 0.1) is 0 Å². The molecule has 6 nitrogen and oxygen atoms in total. The molecule has 0 aliphatic carbocycles. The van der Waals surface area contributed by atoms with E-state index in [0.29, 0.717) is 26.1 Å². The second kappa shape index (κ2) is 8.45. The van der Waals surface area contributed by atoms with Gasteiger partial charge < -0.3 is 19.9 Å². The zero-order chi connectivity index (χ0) is 17.6. The maximum Gasteiger partial charge on any atom is 0.242 e. The third kappa shape index (κ3) is 4.80. The zero-order valence-electron chi connectivity index (χ0n) is 14.8. The molecule has 2 atom stereocenters. The van der Waals surface area contributed by atoms with Gasteiger partial charge in [0.15, 0.2) is 0 Å². The standard InChI is InChI=1S/C19H27N3O3/c1-21-10-11-25-16(14-21)13-20-19(24)17-8-5-9-22(17)18(23)12-15-6-3-2-4-7-15/h2-4,6-7,16-17H,5,8-14H2,1H3,(H,20,24)/t16-,17+/m1/s1. The number of benzene rings is 1. The van der Waals surface area contributed by atoms with Gasteiger partial charge >= 0.3 is 0 Å². The van der Waals surface area contributed by atoms with E-state index in [9.17, 15) is 9.59 Å². The minimum absolute atomic E-state index is 0.0255. The highest BCUT2D eigenvalue weighted by Crippen LogP contribution is 2.19. The molecule has 1 aromatic carbocycles. The van der Waals surface area contributed by atoms with Crippen molar-refractivity contribution in [2.24, 2.45) is 0 Å². The molecule has 2 amide bonds. The molecule has 2 fully saturated rings. The lowest BCUT2D eigenvalue weighted by Crippen LogP contribution is -2.50. The van der Waals surface area contributed by atoms with Gasteiger partial charge in [0.05, 0.1) is 19.1 Å². The van der Waals surface area contributed by atoms with E-state index in [-0.39, 0.29) is 24.0 Å². The van der Waals surface area contributed by atoms with Crippen LogP contribution in [0.1, 0.15) is 18.4 Å². The fraction of sp³-hybridized carbons (Fsp3) is 0.579. The Kier molecular flexibility index (Phi) is 6.04. The van der Waals surface area contributed by atoms with E-state index >= 15 is 0 Å². The number of amides is 2. The third-order valence-electron chi connectivity index (χ3n) is 4.92. The highest BCUT2D eigenvalue weighted by molar-refractivity contribution is 5.89. The highest BCUT2D eigenvalue weighted by atomic mass is 16.5. The van der Waals surface area contributed by atoms with Crippen molar-refractivity contribution in [1.29, 1.82) is 0 Å². The summed E-state index contributed by atoms with van der Waals surface area (Å²) < 4.78 is 5.68. The van der Waals surface area contributed by atoms with Crippen LogP contribution >= 0.6 is 0 Å². The first kappa shape index (κ1) is 17.9. The SMILES string of the molecule is CN1CCO[C@H](CNC(=O)[C@@H]2CCCN2C(=O)Cc2ccccc2)C1. The molecule has 2 heterocycles. The van der Waals surface area contributed by atoms with Crippen LogP contribution in [0.4, 0.5) is 0 Å². The largest absolute Gasteiger partial charge is 0.374 e. The molecule has 2 saturated heterocycles. The Hall–Kier alpha value is -1.92. The summed E-state index contributed by atoms with van der Waals surface area (Å²) in [5, 5.41) is 2.98. The van der Waals surface area contributed by atoms with E-state index in [2.05, 4.69) is 17.3 Å². The summed E-state index contributed by atoms with van der Waals surface area (Å²) in [7, 11) is 2.05. The Morgan fingerprint density at radius 3 is 2.80 bits per heavy atom. The molecular formula is C19H27N3O3. The summed E-state index contributed by atoms with van der Waals surface area (Å²) in [5.74, 6) is -0.0340. The van der Waals surface area contributed by atoms with Gasteiger partial charge in [0.25, 0.3) is 0 Å². The molecule has 2 aliphatic rings. The number of ether oxygens (including phenoxy) is 1. The van der Waals surface area contributed by atoms with Crippen LogP contribution in [0.15, 0.2) is 30.3 Å². The topological polar surface area (TPSA) is 61.9 Å². The fourth-order valence-electron chi connectivity index (χ4n) is 3.53. The van der Waals surface area contributed by atoms with Gasteiger partial charge in [-0.25, -0.2) is 0 Å². The van der Waals surface area contributed by atoms with Crippen LogP contribution in [0.5, 0.6) is 0 Å². The molecule has 0 unspecified atom stereocenters. The van der Waals surface area contributed by atoms with Crippen LogP contribution in [0.3, 0.4) is 0 Å². The average molecular weight is 345 g/mol. The number of carbonyl (C=O) groups excluding carboxylic acids is 2. The van der Waals surface area contributed by atoms with Crippen LogP contribution in [-0.4, -0.2) is 73.6 Å². The molecular weight excluding hydrogens is 318 g/mol. The molecule has 2 aliphatic heterocycles. The number of nitrogens with zero attached hydrogens (tertiary/aromatic N) is 2. The lowest BCUT2D eigenvalue weighted by atomic mass is 10.1. The van der Waals surface area contributed by atoms with Crippen molar-refractivity contribution < 1.29 is 14.3 Å². The molecule has 0 aromatic heterocycles. The Morgan fingerprint density at radius 1 is 1.24 bits per heavy atom. The number of morpholine rings is 1. The van der Waals surface area contributed by atoms with Gasteiger partial charge in [-0.3, -0.25) is 9.59 Å². The quantitative estimate of drug-likeness (QED) is 0.852. The van der Waals surface area contributed by atoms with E-state index in [1.807, 2.05) is 30.3 Å². The first-order valence-corrected chi connectivity index (χ1v) is 9.05. The summed E-state index contributed by atoms with van der Waals surface area (Å²) in [6.45, 7) is 3.60. The number of likely N-dealkylation sites (tertiary alicyclic amines) is 1. The molecule has 136 valence electrons. The monoisotopic (exact) mass is 345 g/mol. The summed E-state index contributed by atoms with van der Waals surface area (Å²) in [4.78, 5) is 29.1. The molecule has 6 heteroatoms. The molecule has 25 heavy (non-hydrogen) atoms. The minimum Gasteiger partial charge on any atom is -0.374 e. The molecule has 0 spiro atoms. The van der Waals surface area contributed by atoms with Gasteiger partial charge in [-0.1, -0.05) is 30.3 Å². The Labute approximate surface area is 149 Å². The van der Waals surface area contributed by atoms with Gasteiger partial charge in [0, 0.05) is 26.2 Å². The van der Waals surface area contributed by atoms with Gasteiger partial charge in [-0.15, -0.1) is 0 Å². The van der Waals surface area contributed by atoms with E-state index < -0.39 is 0 Å². The number of likely N-dealkylation sites (N-methyl/N-ethyl adjacent to an activating group) is 1. The predicted octanol–water partition coefficient (Wildman–Crippen LogP) is 0.667. The summed E-state index contributed by atoms with van der Waals surface area (Å²) >= 11 is 0. The van der Waals surface area contributed by atoms with Crippen molar-refractivity contribution in [2.45, 2.75) is 31.4 Å². The van der Waals surface area contributed by atoms with Gasteiger partial charge in [0.1, 0.15) is 6.04 Å².